The van der Waals surface area contributed by atoms with E-state index in [0.717, 1.165) is 6.54 Å². The van der Waals surface area contributed by atoms with Crippen molar-refractivity contribution >= 4 is 0 Å². The average Bonchev–Trinajstić information content (AvgIpc) is 2.33. The second-order valence-corrected chi connectivity index (χ2v) is 2.53. The van der Waals surface area contributed by atoms with Gasteiger partial charge >= 0.3 is 0 Å². The largest absolute Gasteiger partial charge is 0.493 e. The second-order valence-electron chi connectivity index (χ2n) is 2.53. The van der Waals surface area contributed by atoms with E-state index < -0.39 is 0 Å². The normalized spacial score (nSPS) is 40.0. The highest BCUT2D eigenvalue weighted by molar-refractivity contribution is 5.03. The molecule has 2 rings (SSSR count). The first-order valence-electron chi connectivity index (χ1n) is 3.36. The third-order valence-corrected chi connectivity index (χ3v) is 1.95. The molecular weight excluding hydrogens is 114 g/mol. The predicted octanol–water partition coefficient (Wildman–Crippen LogP) is 0.670. The maximum atomic E-state index is 5.02. The van der Waals surface area contributed by atoms with Crippen molar-refractivity contribution in [3.8, 4) is 0 Å². The van der Waals surface area contributed by atoms with Gasteiger partial charge in [0.15, 0.2) is 6.61 Å². The van der Waals surface area contributed by atoms with E-state index in [2.05, 4.69) is 11.4 Å². The Bertz CT molecular complexity index is 133. The van der Waals surface area contributed by atoms with Gasteiger partial charge in [-0.1, -0.05) is 0 Å². The van der Waals surface area contributed by atoms with Gasteiger partial charge in [0.05, 0.1) is 12.3 Å². The van der Waals surface area contributed by atoms with Gasteiger partial charge < -0.3 is 10.1 Å². The zero-order valence-corrected chi connectivity index (χ0v) is 5.21. The van der Waals surface area contributed by atoms with Crippen LogP contribution in [0.2, 0.25) is 0 Å². The number of rotatable bonds is 0. The zero-order chi connectivity index (χ0) is 6.10. The van der Waals surface area contributed by atoms with Gasteiger partial charge in [-0.3, -0.25) is 0 Å². The zero-order valence-electron chi connectivity index (χ0n) is 5.21. The standard InChI is InChI=1S/C7H10NO/c1-3-8-7-5-9-4-2-6(1)7/h2,4-8H,1,3H2. The number of ether oxygens (including phenoxy) is 1. The molecule has 1 N–H and O–H groups in total. The molecule has 0 bridgehead atoms. The Morgan fingerprint density at radius 2 is 2.56 bits per heavy atom. The number of nitrogens with one attached hydrogen (secondary N) is 1. The summed E-state index contributed by atoms with van der Waals surface area (Å²) in [5.41, 5.74) is 0. The molecule has 2 heteroatoms. The highest BCUT2D eigenvalue weighted by Gasteiger charge is 2.27. The first-order valence-corrected chi connectivity index (χ1v) is 3.36. The second kappa shape index (κ2) is 2.03. The van der Waals surface area contributed by atoms with Gasteiger partial charge in [-0.05, 0) is 19.0 Å². The molecule has 49 valence electrons. The lowest BCUT2D eigenvalue weighted by Gasteiger charge is -2.18. The van der Waals surface area contributed by atoms with Gasteiger partial charge in [0.2, 0.25) is 0 Å². The summed E-state index contributed by atoms with van der Waals surface area (Å²) in [6.45, 7) is 3.00. The maximum absolute atomic E-state index is 5.02. The third-order valence-electron chi connectivity index (χ3n) is 1.95. The molecule has 0 aromatic heterocycles. The topological polar surface area (TPSA) is 21.3 Å². The van der Waals surface area contributed by atoms with Crippen molar-refractivity contribution in [1.29, 1.82) is 0 Å². The molecule has 1 radical (unpaired) electrons. The van der Waals surface area contributed by atoms with Crippen molar-refractivity contribution in [3.63, 3.8) is 0 Å². The number of hydrogen-bond acceptors (Lipinski definition) is 2. The molecule has 2 atom stereocenters. The average molecular weight is 124 g/mol. The molecule has 0 aromatic rings. The predicted molar refractivity (Wildman–Crippen MR) is 34.4 cm³/mol. The van der Waals surface area contributed by atoms with Crippen molar-refractivity contribution in [3.05, 3.63) is 18.9 Å². The molecule has 0 amide bonds. The van der Waals surface area contributed by atoms with Crippen LogP contribution in [0.25, 0.3) is 0 Å². The van der Waals surface area contributed by atoms with Gasteiger partial charge in [0.25, 0.3) is 0 Å². The summed E-state index contributed by atoms with van der Waals surface area (Å²) >= 11 is 0. The van der Waals surface area contributed by atoms with Gasteiger partial charge in [-0.25, -0.2) is 0 Å². The van der Waals surface area contributed by atoms with Crippen LogP contribution in [0.3, 0.4) is 0 Å². The molecule has 2 nitrogen and oxygen atoms in total. The van der Waals surface area contributed by atoms with Crippen LogP contribution in [0.1, 0.15) is 6.42 Å². The summed E-state index contributed by atoms with van der Waals surface area (Å²) < 4.78 is 5.02. The minimum Gasteiger partial charge on any atom is -0.493 e. The van der Waals surface area contributed by atoms with Crippen molar-refractivity contribution < 1.29 is 4.74 Å². The Hall–Kier alpha value is -0.500. The minimum atomic E-state index is 0.481. The van der Waals surface area contributed by atoms with Crippen LogP contribution >= 0.6 is 0 Å². The number of hydrogen-bond donors (Lipinski definition) is 1. The highest BCUT2D eigenvalue weighted by Crippen LogP contribution is 2.22. The van der Waals surface area contributed by atoms with Gasteiger partial charge in [-0.15, -0.1) is 0 Å². The monoisotopic (exact) mass is 124 g/mol. The summed E-state index contributed by atoms with van der Waals surface area (Å²) in [5, 5.41) is 3.33. The lowest BCUT2D eigenvalue weighted by Crippen LogP contribution is -2.28. The van der Waals surface area contributed by atoms with Crippen molar-refractivity contribution in [2.75, 3.05) is 6.54 Å². The molecule has 9 heavy (non-hydrogen) atoms. The van der Waals surface area contributed by atoms with E-state index in [1.165, 1.54) is 6.42 Å². The Morgan fingerprint density at radius 3 is 3.44 bits per heavy atom. The minimum absolute atomic E-state index is 0.481. The number of fused-ring (bicyclic) bond motifs is 1. The summed E-state index contributed by atoms with van der Waals surface area (Å²) in [6, 6.07) is 0.481. The molecule has 0 saturated carbocycles. The lowest BCUT2D eigenvalue weighted by atomic mass is 10.0. The fraction of sp³-hybridized carbons (Fsp3) is 0.571. The smallest absolute Gasteiger partial charge is 0.152 e. The van der Waals surface area contributed by atoms with Crippen LogP contribution in [-0.2, 0) is 4.74 Å². The molecule has 2 unspecified atom stereocenters. The summed E-state index contributed by atoms with van der Waals surface area (Å²) in [4.78, 5) is 0. The first-order chi connectivity index (χ1) is 4.47. The molecule has 0 spiro atoms. The van der Waals surface area contributed by atoms with E-state index in [1.54, 1.807) is 6.26 Å². The third kappa shape index (κ3) is 0.833. The molecule has 2 heterocycles. The summed E-state index contributed by atoms with van der Waals surface area (Å²) in [5.74, 6) is 0.693. The Balaban J connectivity index is 2.10. The van der Waals surface area contributed by atoms with Crippen LogP contribution in [0, 0.1) is 12.5 Å². The van der Waals surface area contributed by atoms with E-state index in [-0.39, 0.29) is 0 Å². The van der Waals surface area contributed by atoms with E-state index in [9.17, 15) is 0 Å². The maximum Gasteiger partial charge on any atom is 0.152 e. The Morgan fingerprint density at radius 1 is 1.56 bits per heavy atom. The highest BCUT2D eigenvalue weighted by atomic mass is 16.5. The fourth-order valence-corrected chi connectivity index (χ4v) is 1.39. The van der Waals surface area contributed by atoms with Crippen molar-refractivity contribution in [2.24, 2.45) is 5.92 Å². The van der Waals surface area contributed by atoms with Gasteiger partial charge in [-0.2, -0.15) is 0 Å². The molecular formula is C7H10NO. The molecule has 2 aliphatic heterocycles. The quantitative estimate of drug-likeness (QED) is 0.512. The van der Waals surface area contributed by atoms with Crippen LogP contribution in [0.5, 0.6) is 0 Å². The molecule has 0 aromatic carbocycles. The van der Waals surface area contributed by atoms with E-state index in [4.69, 9.17) is 4.74 Å². The van der Waals surface area contributed by atoms with Crippen molar-refractivity contribution in [1.82, 2.24) is 5.32 Å². The van der Waals surface area contributed by atoms with Gasteiger partial charge in [0, 0.05) is 5.92 Å². The summed E-state index contributed by atoms with van der Waals surface area (Å²) in [7, 11) is 0. The van der Waals surface area contributed by atoms with Crippen LogP contribution in [0.4, 0.5) is 0 Å². The van der Waals surface area contributed by atoms with Crippen LogP contribution < -0.4 is 5.32 Å². The molecule has 1 saturated heterocycles. The molecule has 0 aliphatic carbocycles. The van der Waals surface area contributed by atoms with Gasteiger partial charge in [0.1, 0.15) is 0 Å². The fourth-order valence-electron chi connectivity index (χ4n) is 1.39. The van der Waals surface area contributed by atoms with E-state index >= 15 is 0 Å². The first kappa shape index (κ1) is 5.30. The lowest BCUT2D eigenvalue weighted by molar-refractivity contribution is 0.258. The Kier molecular flexibility index (Phi) is 1.19. The molecule has 2 aliphatic rings. The molecule has 1 fully saturated rings. The Labute approximate surface area is 54.9 Å². The van der Waals surface area contributed by atoms with Crippen molar-refractivity contribution in [2.45, 2.75) is 12.5 Å². The van der Waals surface area contributed by atoms with E-state index in [1.807, 2.05) is 6.61 Å². The summed E-state index contributed by atoms with van der Waals surface area (Å²) in [6.07, 6.45) is 5.15. The van der Waals surface area contributed by atoms with E-state index in [0.29, 0.717) is 12.0 Å². The van der Waals surface area contributed by atoms with Crippen LogP contribution in [-0.4, -0.2) is 12.6 Å². The SMILES string of the molecule is [CH]1OC=CC2CCNC12. The van der Waals surface area contributed by atoms with Crippen LogP contribution in [0.15, 0.2) is 12.3 Å².